The molecule has 0 aliphatic rings. The number of nitrogen functional groups attached to an aromatic ring is 1. The van der Waals surface area contributed by atoms with Crippen molar-refractivity contribution in [1.82, 2.24) is 14.9 Å². The molecule has 1 aromatic carbocycles. The molecule has 25 heavy (non-hydrogen) atoms. The van der Waals surface area contributed by atoms with E-state index in [4.69, 9.17) is 17.3 Å². The fraction of sp³-hybridized carbons (Fsp3) is 0.375. The third kappa shape index (κ3) is 5.20. The zero-order chi connectivity index (χ0) is 18.6. The third-order valence-corrected chi connectivity index (χ3v) is 3.79. The van der Waals surface area contributed by atoms with Crippen LogP contribution in [0.3, 0.4) is 0 Å². The quantitative estimate of drug-likeness (QED) is 0.834. The first-order valence-electron chi connectivity index (χ1n) is 7.56. The fourth-order valence-electron chi connectivity index (χ4n) is 2.28. The predicted octanol–water partition coefficient (Wildman–Crippen LogP) is 3.82. The first-order valence-corrected chi connectivity index (χ1v) is 7.94. The lowest BCUT2D eigenvalue weighted by molar-refractivity contribution is -0.137. The van der Waals surface area contributed by atoms with Crippen molar-refractivity contribution in [3.8, 4) is 0 Å². The molecule has 5 nitrogen and oxygen atoms in total. The SMILES string of the molecule is CN(C)CCCN(c1ccc(Cl)c(C(F)(F)F)c1)c1nccc(N)n1. The summed E-state index contributed by atoms with van der Waals surface area (Å²) in [5.41, 5.74) is 5.10. The number of anilines is 3. The molecule has 2 rings (SSSR count). The van der Waals surface area contributed by atoms with Crippen molar-refractivity contribution in [3.63, 3.8) is 0 Å². The summed E-state index contributed by atoms with van der Waals surface area (Å²) >= 11 is 5.71. The van der Waals surface area contributed by atoms with Crippen LogP contribution in [-0.4, -0.2) is 42.1 Å². The van der Waals surface area contributed by atoms with Gasteiger partial charge >= 0.3 is 6.18 Å². The second-order valence-electron chi connectivity index (χ2n) is 5.75. The van der Waals surface area contributed by atoms with Gasteiger partial charge in [0.2, 0.25) is 5.95 Å². The van der Waals surface area contributed by atoms with E-state index in [0.717, 1.165) is 12.6 Å². The van der Waals surface area contributed by atoms with E-state index >= 15 is 0 Å². The highest BCUT2D eigenvalue weighted by Gasteiger charge is 2.34. The summed E-state index contributed by atoms with van der Waals surface area (Å²) in [4.78, 5) is 11.9. The summed E-state index contributed by atoms with van der Waals surface area (Å²) in [5, 5.41) is -0.349. The van der Waals surface area contributed by atoms with Crippen LogP contribution in [-0.2, 0) is 6.18 Å². The number of halogens is 4. The first kappa shape index (κ1) is 19.3. The van der Waals surface area contributed by atoms with Gasteiger partial charge < -0.3 is 15.5 Å². The molecule has 2 N–H and O–H groups in total. The van der Waals surface area contributed by atoms with Gasteiger partial charge in [0, 0.05) is 18.4 Å². The van der Waals surface area contributed by atoms with Crippen LogP contribution in [0.5, 0.6) is 0 Å². The monoisotopic (exact) mass is 373 g/mol. The molecule has 0 fully saturated rings. The van der Waals surface area contributed by atoms with Crippen molar-refractivity contribution in [3.05, 3.63) is 41.0 Å². The van der Waals surface area contributed by atoms with Gasteiger partial charge in [0.15, 0.2) is 0 Å². The van der Waals surface area contributed by atoms with Crippen molar-refractivity contribution in [2.75, 3.05) is 37.8 Å². The van der Waals surface area contributed by atoms with Gasteiger partial charge in [0.1, 0.15) is 5.82 Å². The van der Waals surface area contributed by atoms with Crippen LogP contribution in [0.4, 0.5) is 30.6 Å². The van der Waals surface area contributed by atoms with E-state index < -0.39 is 11.7 Å². The number of hydrogen-bond donors (Lipinski definition) is 1. The molecule has 0 spiro atoms. The largest absolute Gasteiger partial charge is 0.417 e. The van der Waals surface area contributed by atoms with Gasteiger partial charge in [-0.25, -0.2) is 4.98 Å². The molecule has 2 aromatic rings. The maximum Gasteiger partial charge on any atom is 0.417 e. The molecule has 0 aliphatic heterocycles. The molecule has 0 saturated heterocycles. The second-order valence-corrected chi connectivity index (χ2v) is 6.16. The lowest BCUT2D eigenvalue weighted by Crippen LogP contribution is -2.25. The third-order valence-electron chi connectivity index (χ3n) is 3.46. The average Bonchev–Trinajstić information content (AvgIpc) is 2.51. The Hall–Kier alpha value is -2.06. The van der Waals surface area contributed by atoms with Gasteiger partial charge in [0.05, 0.1) is 10.6 Å². The maximum atomic E-state index is 13.2. The lowest BCUT2D eigenvalue weighted by atomic mass is 10.1. The van der Waals surface area contributed by atoms with Gasteiger partial charge in [-0.1, -0.05) is 11.6 Å². The van der Waals surface area contributed by atoms with Gasteiger partial charge in [-0.2, -0.15) is 18.2 Å². The number of benzene rings is 1. The number of rotatable bonds is 6. The molecule has 0 amide bonds. The Labute approximate surface area is 149 Å². The molecule has 1 aromatic heterocycles. The minimum atomic E-state index is -4.54. The van der Waals surface area contributed by atoms with Gasteiger partial charge in [0.25, 0.3) is 0 Å². The Balaban J connectivity index is 2.41. The van der Waals surface area contributed by atoms with Crippen LogP contribution in [0.2, 0.25) is 5.02 Å². The minimum absolute atomic E-state index is 0.243. The fourth-order valence-corrected chi connectivity index (χ4v) is 2.50. The van der Waals surface area contributed by atoms with Crippen LogP contribution < -0.4 is 10.6 Å². The van der Waals surface area contributed by atoms with Crippen LogP contribution in [0.1, 0.15) is 12.0 Å². The van der Waals surface area contributed by atoms with Crippen molar-refractivity contribution in [2.45, 2.75) is 12.6 Å². The number of alkyl halides is 3. The highest BCUT2D eigenvalue weighted by Crippen LogP contribution is 2.38. The second kappa shape index (κ2) is 7.88. The topological polar surface area (TPSA) is 58.3 Å². The summed E-state index contributed by atoms with van der Waals surface area (Å²) in [7, 11) is 3.84. The van der Waals surface area contributed by atoms with E-state index in [1.165, 1.54) is 24.4 Å². The van der Waals surface area contributed by atoms with E-state index in [1.807, 2.05) is 19.0 Å². The Kier molecular flexibility index (Phi) is 6.07. The lowest BCUT2D eigenvalue weighted by Gasteiger charge is -2.25. The zero-order valence-electron chi connectivity index (χ0n) is 13.9. The van der Waals surface area contributed by atoms with Gasteiger partial charge in [-0.3, -0.25) is 0 Å². The number of hydrogen-bond acceptors (Lipinski definition) is 5. The standard InChI is InChI=1S/C16H19ClF3N5/c1-24(2)8-3-9-25(15-22-7-6-14(21)23-15)11-4-5-13(17)12(10-11)16(18,19)20/h4-7,10H,3,8-9H2,1-2H3,(H2,21,22,23). The highest BCUT2D eigenvalue weighted by molar-refractivity contribution is 6.31. The summed E-state index contributed by atoms with van der Waals surface area (Å²) < 4.78 is 39.5. The predicted molar refractivity (Wildman–Crippen MR) is 93.1 cm³/mol. The molecule has 0 unspecified atom stereocenters. The van der Waals surface area contributed by atoms with E-state index in [-0.39, 0.29) is 16.8 Å². The Bertz CT molecular complexity index is 721. The molecule has 0 aliphatic carbocycles. The van der Waals surface area contributed by atoms with Crippen molar-refractivity contribution in [1.29, 1.82) is 0 Å². The summed E-state index contributed by atoms with van der Waals surface area (Å²) in [5.74, 6) is 0.488. The van der Waals surface area contributed by atoms with Crippen molar-refractivity contribution >= 4 is 29.1 Å². The molecule has 1 heterocycles. The van der Waals surface area contributed by atoms with E-state index in [0.29, 0.717) is 18.7 Å². The molecular weight excluding hydrogens is 355 g/mol. The molecular formula is C16H19ClF3N5. The molecule has 9 heteroatoms. The average molecular weight is 374 g/mol. The molecule has 136 valence electrons. The van der Waals surface area contributed by atoms with Gasteiger partial charge in [-0.15, -0.1) is 0 Å². The first-order chi connectivity index (χ1) is 11.7. The Morgan fingerprint density at radius 3 is 2.48 bits per heavy atom. The summed E-state index contributed by atoms with van der Waals surface area (Å²) in [6.07, 6.45) is -2.37. The smallest absolute Gasteiger partial charge is 0.384 e. The van der Waals surface area contributed by atoms with Crippen LogP contribution in [0, 0.1) is 0 Å². The molecule has 0 atom stereocenters. The number of aromatic nitrogens is 2. The highest BCUT2D eigenvalue weighted by atomic mass is 35.5. The van der Waals surface area contributed by atoms with Crippen molar-refractivity contribution in [2.24, 2.45) is 0 Å². The van der Waals surface area contributed by atoms with Crippen LogP contribution in [0.25, 0.3) is 0 Å². The molecule has 0 saturated carbocycles. The summed E-state index contributed by atoms with van der Waals surface area (Å²) in [6.45, 7) is 1.19. The molecule has 0 radical (unpaired) electrons. The zero-order valence-corrected chi connectivity index (χ0v) is 14.6. The van der Waals surface area contributed by atoms with Crippen LogP contribution in [0.15, 0.2) is 30.5 Å². The van der Waals surface area contributed by atoms with E-state index in [2.05, 4.69) is 9.97 Å². The molecule has 0 bridgehead atoms. The Morgan fingerprint density at radius 2 is 1.88 bits per heavy atom. The Morgan fingerprint density at radius 1 is 1.16 bits per heavy atom. The summed E-state index contributed by atoms with van der Waals surface area (Å²) in [6, 6.07) is 5.26. The van der Waals surface area contributed by atoms with E-state index in [1.54, 1.807) is 4.90 Å². The minimum Gasteiger partial charge on any atom is -0.384 e. The van der Waals surface area contributed by atoms with Gasteiger partial charge in [-0.05, 0) is 51.3 Å². The number of nitrogens with two attached hydrogens (primary N) is 1. The number of nitrogens with zero attached hydrogens (tertiary/aromatic N) is 4. The van der Waals surface area contributed by atoms with Crippen LogP contribution >= 0.6 is 11.6 Å². The normalized spacial score (nSPS) is 11.8. The van der Waals surface area contributed by atoms with Crippen molar-refractivity contribution < 1.29 is 13.2 Å². The maximum absolute atomic E-state index is 13.2. The van der Waals surface area contributed by atoms with E-state index in [9.17, 15) is 13.2 Å².